The van der Waals surface area contributed by atoms with E-state index in [0.717, 1.165) is 18.2 Å². The summed E-state index contributed by atoms with van der Waals surface area (Å²) in [6.07, 6.45) is 0. The molecule has 1 aromatic carbocycles. The molecular weight excluding hydrogens is 247 g/mol. The van der Waals surface area contributed by atoms with E-state index in [1.54, 1.807) is 0 Å². The van der Waals surface area contributed by atoms with Crippen LogP contribution in [0.1, 0.15) is 6.92 Å². The Balaban J connectivity index is 3.25. The molecule has 0 saturated carbocycles. The summed E-state index contributed by atoms with van der Waals surface area (Å²) in [5.41, 5.74) is -0.236. The molecule has 0 saturated heterocycles. The molecule has 7 heteroatoms. The van der Waals surface area contributed by atoms with E-state index in [1.165, 1.54) is 6.92 Å². The first kappa shape index (κ1) is 13.2. The molecule has 0 aliphatic rings. The van der Waals surface area contributed by atoms with Gasteiger partial charge >= 0.3 is 0 Å². The van der Waals surface area contributed by atoms with Gasteiger partial charge in [-0.1, -0.05) is 5.92 Å². The zero-order valence-electron chi connectivity index (χ0n) is 8.82. The van der Waals surface area contributed by atoms with Crippen molar-refractivity contribution in [2.75, 3.05) is 5.32 Å². The van der Waals surface area contributed by atoms with Gasteiger partial charge < -0.3 is 5.32 Å². The second kappa shape index (κ2) is 4.95. The number of hydrogen-bond donors (Lipinski definition) is 2. The molecule has 1 amide bonds. The Hall–Kier alpha value is -1.91. The maximum absolute atomic E-state index is 12.9. The van der Waals surface area contributed by atoms with Gasteiger partial charge in [0.05, 0.1) is 5.69 Å². The van der Waals surface area contributed by atoms with Gasteiger partial charge in [-0.3, -0.25) is 4.79 Å². The normalized spacial score (nSPS) is 10.3. The number of nitrogens with two attached hydrogens (primary N) is 1. The van der Waals surface area contributed by atoms with Gasteiger partial charge in [0.1, 0.15) is 10.7 Å². The molecule has 0 bridgehead atoms. The predicted octanol–water partition coefficient (Wildman–Crippen LogP) is 0.435. The van der Waals surface area contributed by atoms with Gasteiger partial charge in [-0.2, -0.15) is 0 Å². The molecule has 1 rings (SSSR count). The molecule has 0 spiro atoms. The summed E-state index contributed by atoms with van der Waals surface area (Å²) in [6.45, 7) is 1.44. The molecule has 3 N–H and O–H groups in total. The number of primary sulfonamides is 1. The van der Waals surface area contributed by atoms with E-state index < -0.39 is 21.7 Å². The van der Waals surface area contributed by atoms with E-state index in [-0.39, 0.29) is 10.6 Å². The molecule has 0 aromatic heterocycles. The van der Waals surface area contributed by atoms with E-state index in [2.05, 4.69) is 17.2 Å². The monoisotopic (exact) mass is 256 g/mol. The largest absolute Gasteiger partial charge is 0.314 e. The van der Waals surface area contributed by atoms with Crippen LogP contribution < -0.4 is 10.5 Å². The minimum absolute atomic E-state index is 0.236. The minimum Gasteiger partial charge on any atom is -0.314 e. The maximum atomic E-state index is 12.9. The molecular formula is C10H9FN2O3S. The highest BCUT2D eigenvalue weighted by Crippen LogP contribution is 2.20. The topological polar surface area (TPSA) is 89.3 Å². The Morgan fingerprint density at radius 1 is 1.47 bits per heavy atom. The van der Waals surface area contributed by atoms with Crippen LogP contribution in [0, 0.1) is 17.7 Å². The van der Waals surface area contributed by atoms with E-state index in [4.69, 9.17) is 5.14 Å². The lowest BCUT2D eigenvalue weighted by Gasteiger charge is -2.07. The molecule has 0 fully saturated rings. The Labute approximate surface area is 97.9 Å². The molecule has 0 unspecified atom stereocenters. The fourth-order valence-electron chi connectivity index (χ4n) is 1.12. The van der Waals surface area contributed by atoms with Crippen molar-refractivity contribution < 1.29 is 17.6 Å². The molecule has 5 nitrogen and oxygen atoms in total. The lowest BCUT2D eigenvalue weighted by Crippen LogP contribution is -2.17. The Kier molecular flexibility index (Phi) is 3.83. The fourth-order valence-corrected chi connectivity index (χ4v) is 1.79. The van der Waals surface area contributed by atoms with E-state index >= 15 is 0 Å². The average Bonchev–Trinajstić information content (AvgIpc) is 2.15. The van der Waals surface area contributed by atoms with Crippen LogP contribution in [0.25, 0.3) is 0 Å². The van der Waals surface area contributed by atoms with Gasteiger partial charge in [0.2, 0.25) is 10.0 Å². The van der Waals surface area contributed by atoms with Crippen molar-refractivity contribution in [2.24, 2.45) is 5.14 Å². The fraction of sp³-hybridized carbons (Fsp3) is 0.100. The smallest absolute Gasteiger partial charge is 0.300 e. The van der Waals surface area contributed by atoms with Crippen LogP contribution in [0.2, 0.25) is 0 Å². The van der Waals surface area contributed by atoms with E-state index in [9.17, 15) is 17.6 Å². The summed E-state index contributed by atoms with van der Waals surface area (Å²) in [6, 6.07) is 2.76. The van der Waals surface area contributed by atoms with Crippen molar-refractivity contribution in [1.82, 2.24) is 0 Å². The third kappa shape index (κ3) is 3.55. The van der Waals surface area contributed by atoms with Crippen LogP contribution in [0.5, 0.6) is 0 Å². The second-order valence-corrected chi connectivity index (χ2v) is 4.54. The molecule has 0 radical (unpaired) electrons. The van der Waals surface area contributed by atoms with Crippen LogP contribution >= 0.6 is 0 Å². The summed E-state index contributed by atoms with van der Waals surface area (Å²) in [5.74, 6) is 3.01. The number of carbonyl (C=O) groups excluding carboxylic acids is 1. The zero-order valence-corrected chi connectivity index (χ0v) is 9.64. The second-order valence-electron chi connectivity index (χ2n) is 3.01. The van der Waals surface area contributed by atoms with Crippen molar-refractivity contribution in [3.05, 3.63) is 24.0 Å². The number of nitrogens with one attached hydrogen (secondary N) is 1. The van der Waals surface area contributed by atoms with Crippen molar-refractivity contribution in [1.29, 1.82) is 0 Å². The predicted molar refractivity (Wildman–Crippen MR) is 59.9 cm³/mol. The van der Waals surface area contributed by atoms with E-state index in [1.807, 2.05) is 0 Å². The summed E-state index contributed by atoms with van der Waals surface area (Å²) >= 11 is 0. The molecule has 1 aromatic rings. The highest BCUT2D eigenvalue weighted by molar-refractivity contribution is 7.89. The van der Waals surface area contributed by atoms with Crippen molar-refractivity contribution in [3.63, 3.8) is 0 Å². The third-order valence-electron chi connectivity index (χ3n) is 1.73. The van der Waals surface area contributed by atoms with Crippen LogP contribution in [0.4, 0.5) is 10.1 Å². The molecule has 17 heavy (non-hydrogen) atoms. The quantitative estimate of drug-likeness (QED) is 0.752. The van der Waals surface area contributed by atoms with Crippen LogP contribution in [0.15, 0.2) is 23.1 Å². The number of sulfonamides is 1. The van der Waals surface area contributed by atoms with Crippen molar-refractivity contribution in [3.8, 4) is 11.8 Å². The maximum Gasteiger partial charge on any atom is 0.300 e. The van der Waals surface area contributed by atoms with Crippen molar-refractivity contribution in [2.45, 2.75) is 11.8 Å². The lowest BCUT2D eigenvalue weighted by molar-refractivity contribution is -0.111. The Morgan fingerprint density at radius 2 is 2.12 bits per heavy atom. The lowest BCUT2D eigenvalue weighted by atomic mass is 10.3. The number of amides is 1. The highest BCUT2D eigenvalue weighted by atomic mass is 32.2. The summed E-state index contributed by atoms with van der Waals surface area (Å²) in [7, 11) is -4.04. The first-order valence-electron chi connectivity index (χ1n) is 4.40. The average molecular weight is 256 g/mol. The van der Waals surface area contributed by atoms with Gasteiger partial charge in [0.15, 0.2) is 0 Å². The first-order valence-corrected chi connectivity index (χ1v) is 5.95. The molecule has 0 aliphatic carbocycles. The first-order chi connectivity index (χ1) is 7.84. The Bertz CT molecular complexity index is 614. The van der Waals surface area contributed by atoms with Gasteiger partial charge in [0, 0.05) is 0 Å². The molecule has 0 heterocycles. The molecule has 0 aliphatic heterocycles. The summed E-state index contributed by atoms with van der Waals surface area (Å²) in [5, 5.41) is 7.07. The van der Waals surface area contributed by atoms with Gasteiger partial charge in [0.25, 0.3) is 5.91 Å². The van der Waals surface area contributed by atoms with Crippen LogP contribution in [-0.4, -0.2) is 14.3 Å². The van der Waals surface area contributed by atoms with Gasteiger partial charge in [-0.05, 0) is 31.0 Å². The standard InChI is InChI=1S/C10H9FN2O3S/c1-2-3-10(14)13-8-6-7(11)4-5-9(8)17(12,15)16/h4-6H,1H3,(H,13,14)(H2,12,15,16). The number of benzene rings is 1. The molecule has 0 atom stereocenters. The summed E-state index contributed by atoms with van der Waals surface area (Å²) < 4.78 is 35.3. The number of halogens is 1. The van der Waals surface area contributed by atoms with Crippen LogP contribution in [0.3, 0.4) is 0 Å². The van der Waals surface area contributed by atoms with Crippen molar-refractivity contribution >= 4 is 21.6 Å². The van der Waals surface area contributed by atoms with Gasteiger partial charge in [-0.15, -0.1) is 0 Å². The van der Waals surface area contributed by atoms with Crippen LogP contribution in [-0.2, 0) is 14.8 Å². The Morgan fingerprint density at radius 3 is 2.65 bits per heavy atom. The van der Waals surface area contributed by atoms with Gasteiger partial charge in [-0.25, -0.2) is 17.9 Å². The van der Waals surface area contributed by atoms with E-state index in [0.29, 0.717) is 0 Å². The number of rotatable bonds is 2. The minimum atomic E-state index is -4.04. The third-order valence-corrected chi connectivity index (χ3v) is 2.70. The summed E-state index contributed by atoms with van der Waals surface area (Å²) in [4.78, 5) is 10.8. The SMILES string of the molecule is CC#CC(=O)Nc1cc(F)ccc1S(N)(=O)=O. The zero-order chi connectivity index (χ0) is 13.1. The number of anilines is 1. The molecule has 90 valence electrons. The number of hydrogen-bond acceptors (Lipinski definition) is 3. The number of carbonyl (C=O) groups is 1. The highest BCUT2D eigenvalue weighted by Gasteiger charge is 2.15.